The number of hydrogen-bond donors (Lipinski definition) is 1. The zero-order valence-electron chi connectivity index (χ0n) is 18.3. The van der Waals surface area contributed by atoms with Crippen molar-refractivity contribution < 1.29 is 4.79 Å². The van der Waals surface area contributed by atoms with Gasteiger partial charge in [-0.1, -0.05) is 42.5 Å². The third-order valence-corrected chi connectivity index (χ3v) is 6.82. The first-order valence-electron chi connectivity index (χ1n) is 11.6. The highest BCUT2D eigenvalue weighted by Crippen LogP contribution is 2.33. The Hall–Kier alpha value is -3.74. The Kier molecular flexibility index (Phi) is 4.82. The molecule has 1 atom stereocenters. The Labute approximate surface area is 191 Å². The number of hydrogen-bond acceptors (Lipinski definition) is 4. The summed E-state index contributed by atoms with van der Waals surface area (Å²) in [6.45, 7) is 2.08. The molecule has 0 bridgehead atoms. The maximum absolute atomic E-state index is 12.5. The van der Waals surface area contributed by atoms with Gasteiger partial charge in [-0.05, 0) is 48.4 Å². The molecule has 1 unspecified atom stereocenters. The van der Waals surface area contributed by atoms with Crippen LogP contribution in [0.4, 0.5) is 0 Å². The molecule has 2 aromatic heterocycles. The lowest BCUT2D eigenvalue weighted by molar-refractivity contribution is -0.131. The van der Waals surface area contributed by atoms with Crippen molar-refractivity contribution >= 4 is 16.8 Å². The number of rotatable bonds is 5. The summed E-state index contributed by atoms with van der Waals surface area (Å²) in [5.74, 6) is 1.44. The molecule has 1 amide bonds. The number of benzene rings is 2. The molecule has 0 radical (unpaired) electrons. The van der Waals surface area contributed by atoms with Crippen LogP contribution in [-0.4, -0.2) is 43.6 Å². The second-order valence-corrected chi connectivity index (χ2v) is 9.13. The van der Waals surface area contributed by atoms with Crippen LogP contribution in [0, 0.1) is 11.8 Å². The fourth-order valence-corrected chi connectivity index (χ4v) is 4.89. The predicted molar refractivity (Wildman–Crippen MR) is 126 cm³/mol. The molecule has 4 aromatic rings. The molecule has 1 aliphatic carbocycles. The van der Waals surface area contributed by atoms with Crippen LogP contribution in [0.2, 0.25) is 0 Å². The summed E-state index contributed by atoms with van der Waals surface area (Å²) in [5, 5.41) is 8.03. The van der Waals surface area contributed by atoms with Gasteiger partial charge in [-0.15, -0.1) is 0 Å². The van der Waals surface area contributed by atoms with Gasteiger partial charge in [0.05, 0.1) is 5.52 Å². The van der Waals surface area contributed by atoms with Crippen molar-refractivity contribution in [2.24, 2.45) is 11.8 Å². The molecule has 1 saturated carbocycles. The minimum atomic E-state index is -0.207. The predicted octanol–water partition coefficient (Wildman–Crippen LogP) is 3.71. The van der Waals surface area contributed by atoms with Gasteiger partial charge >= 0.3 is 5.69 Å². The van der Waals surface area contributed by atoms with Crippen molar-refractivity contribution in [2.45, 2.75) is 25.8 Å². The number of pyridine rings is 1. The fourth-order valence-electron chi connectivity index (χ4n) is 4.89. The van der Waals surface area contributed by atoms with E-state index < -0.39 is 0 Å². The highest BCUT2D eigenvalue weighted by atomic mass is 16.2. The summed E-state index contributed by atoms with van der Waals surface area (Å²) < 4.78 is 1.71. The van der Waals surface area contributed by atoms with Crippen LogP contribution in [-0.2, 0) is 11.3 Å². The van der Waals surface area contributed by atoms with Crippen LogP contribution in [0.5, 0.6) is 0 Å². The standard InChI is InChI=1S/C26H25N5O2/c32-25(20-10-11-20)30-14-12-17(15-30)16-31-24(28-29-26(31)33)19-8-6-18(7-9-19)21-3-1-5-23-22(21)4-2-13-27-23/h1-9,13,17,20H,10-12,14-16H2,(H,29,33). The van der Waals surface area contributed by atoms with E-state index in [9.17, 15) is 9.59 Å². The molecule has 2 fully saturated rings. The summed E-state index contributed by atoms with van der Waals surface area (Å²) in [7, 11) is 0. The quantitative estimate of drug-likeness (QED) is 0.514. The van der Waals surface area contributed by atoms with Gasteiger partial charge in [-0.3, -0.25) is 14.3 Å². The molecule has 2 aliphatic rings. The number of aromatic nitrogens is 4. The third kappa shape index (κ3) is 3.73. The lowest BCUT2D eigenvalue weighted by atomic mass is 9.99. The lowest BCUT2D eigenvalue weighted by Crippen LogP contribution is -2.31. The molecule has 33 heavy (non-hydrogen) atoms. The molecule has 1 aliphatic heterocycles. The van der Waals surface area contributed by atoms with E-state index in [1.54, 1.807) is 10.8 Å². The van der Waals surface area contributed by atoms with E-state index >= 15 is 0 Å². The summed E-state index contributed by atoms with van der Waals surface area (Å²) in [4.78, 5) is 31.3. The number of carbonyl (C=O) groups is 1. The van der Waals surface area contributed by atoms with E-state index in [4.69, 9.17) is 0 Å². The van der Waals surface area contributed by atoms with Crippen molar-refractivity contribution in [3.8, 4) is 22.5 Å². The van der Waals surface area contributed by atoms with Crippen LogP contribution < -0.4 is 5.69 Å². The van der Waals surface area contributed by atoms with Gasteiger partial charge in [-0.25, -0.2) is 9.89 Å². The Morgan fingerprint density at radius 2 is 1.82 bits per heavy atom. The Morgan fingerprint density at radius 1 is 1.00 bits per heavy atom. The molecular weight excluding hydrogens is 414 g/mol. The topological polar surface area (TPSA) is 83.9 Å². The number of amides is 1. The second-order valence-electron chi connectivity index (χ2n) is 9.13. The monoisotopic (exact) mass is 439 g/mol. The largest absolute Gasteiger partial charge is 0.343 e. The van der Waals surface area contributed by atoms with Crippen LogP contribution in [0.15, 0.2) is 65.6 Å². The molecule has 7 heteroatoms. The van der Waals surface area contributed by atoms with Gasteiger partial charge in [0.15, 0.2) is 5.82 Å². The van der Waals surface area contributed by atoms with Gasteiger partial charge < -0.3 is 4.90 Å². The molecule has 6 rings (SSSR count). The molecular formula is C26H25N5O2. The maximum Gasteiger partial charge on any atom is 0.343 e. The third-order valence-electron chi connectivity index (χ3n) is 6.82. The number of H-pyrrole nitrogens is 1. The second kappa shape index (κ2) is 7.99. The zero-order valence-corrected chi connectivity index (χ0v) is 18.3. The van der Waals surface area contributed by atoms with Crippen LogP contribution >= 0.6 is 0 Å². The van der Waals surface area contributed by atoms with Crippen molar-refractivity contribution in [2.75, 3.05) is 13.1 Å². The number of nitrogens with zero attached hydrogens (tertiary/aromatic N) is 4. The van der Waals surface area contributed by atoms with Gasteiger partial charge in [0.1, 0.15) is 0 Å². The lowest BCUT2D eigenvalue weighted by Gasteiger charge is -2.16. The number of aromatic amines is 1. The van der Waals surface area contributed by atoms with Gasteiger partial charge in [0.2, 0.25) is 5.91 Å². The first-order valence-corrected chi connectivity index (χ1v) is 11.6. The molecule has 1 saturated heterocycles. The van der Waals surface area contributed by atoms with E-state index in [0.29, 0.717) is 12.4 Å². The van der Waals surface area contributed by atoms with E-state index in [1.807, 2.05) is 35.2 Å². The number of likely N-dealkylation sites (tertiary alicyclic amines) is 1. The normalized spacial score (nSPS) is 18.2. The minimum Gasteiger partial charge on any atom is -0.342 e. The number of nitrogens with one attached hydrogen (secondary N) is 1. The Balaban J connectivity index is 1.24. The summed E-state index contributed by atoms with van der Waals surface area (Å²) in [6, 6.07) is 18.3. The molecule has 7 nitrogen and oxygen atoms in total. The molecule has 166 valence electrons. The highest BCUT2D eigenvalue weighted by molar-refractivity contribution is 5.94. The molecule has 3 heterocycles. The Morgan fingerprint density at radius 3 is 2.64 bits per heavy atom. The number of carbonyl (C=O) groups excluding carboxylic acids is 1. The maximum atomic E-state index is 12.5. The molecule has 0 spiro atoms. The van der Waals surface area contributed by atoms with Gasteiger partial charge in [0.25, 0.3) is 0 Å². The fraction of sp³-hybridized carbons (Fsp3) is 0.308. The van der Waals surface area contributed by atoms with Crippen molar-refractivity contribution in [1.29, 1.82) is 0 Å². The van der Waals surface area contributed by atoms with E-state index in [1.165, 1.54) is 0 Å². The zero-order chi connectivity index (χ0) is 22.4. The molecule has 1 N–H and O–H groups in total. The van der Waals surface area contributed by atoms with Crippen LogP contribution in [0.3, 0.4) is 0 Å². The minimum absolute atomic E-state index is 0.207. The smallest absolute Gasteiger partial charge is 0.342 e. The van der Waals surface area contributed by atoms with Crippen molar-refractivity contribution in [3.05, 3.63) is 71.3 Å². The van der Waals surface area contributed by atoms with Gasteiger partial charge in [0, 0.05) is 42.7 Å². The van der Waals surface area contributed by atoms with E-state index in [0.717, 1.165) is 59.9 Å². The summed E-state index contributed by atoms with van der Waals surface area (Å²) in [5.41, 5.74) is 3.86. The van der Waals surface area contributed by atoms with E-state index in [-0.39, 0.29) is 23.4 Å². The van der Waals surface area contributed by atoms with Crippen molar-refractivity contribution in [3.63, 3.8) is 0 Å². The first kappa shape index (κ1) is 19.9. The summed E-state index contributed by atoms with van der Waals surface area (Å²) >= 11 is 0. The van der Waals surface area contributed by atoms with E-state index in [2.05, 4.69) is 39.4 Å². The van der Waals surface area contributed by atoms with Crippen LogP contribution in [0.25, 0.3) is 33.4 Å². The van der Waals surface area contributed by atoms with Crippen molar-refractivity contribution in [1.82, 2.24) is 24.6 Å². The van der Waals surface area contributed by atoms with Crippen LogP contribution in [0.1, 0.15) is 19.3 Å². The van der Waals surface area contributed by atoms with Gasteiger partial charge in [-0.2, -0.15) is 5.10 Å². The Bertz CT molecular complexity index is 1380. The summed E-state index contributed by atoms with van der Waals surface area (Å²) in [6.07, 6.45) is 4.77. The first-order chi connectivity index (χ1) is 16.2. The SMILES string of the molecule is O=C(C1CC1)N1CCC(Cn2c(-c3ccc(-c4cccc5ncccc45)cc3)n[nH]c2=O)C1. The highest BCUT2D eigenvalue weighted by Gasteiger charge is 2.36. The molecule has 2 aromatic carbocycles. The average molecular weight is 440 g/mol. The number of fused-ring (bicyclic) bond motifs is 1. The average Bonchev–Trinajstić information content (AvgIpc) is 3.50.